The van der Waals surface area contributed by atoms with Crippen LogP contribution < -0.4 is 0 Å². The van der Waals surface area contributed by atoms with Crippen molar-refractivity contribution < 1.29 is 0 Å². The largest absolute Gasteiger partial charge is 0.0616 e. The van der Waals surface area contributed by atoms with Gasteiger partial charge in [-0.25, -0.2) is 0 Å². The average Bonchev–Trinajstić information content (AvgIpc) is 3.16. The second kappa shape index (κ2) is 9.64. The summed E-state index contributed by atoms with van der Waals surface area (Å²) < 4.78 is 0. The summed E-state index contributed by atoms with van der Waals surface area (Å²) in [6, 6.07) is 63.4. The van der Waals surface area contributed by atoms with Gasteiger partial charge in [0, 0.05) is 0 Å². The van der Waals surface area contributed by atoms with E-state index in [-0.39, 0.29) is 0 Å². The Morgan fingerprint density at radius 1 is 0.208 bits per heavy atom. The molecule has 0 atom stereocenters. The molecule has 11 aromatic carbocycles. The quantitative estimate of drug-likeness (QED) is 0.136. The third-order valence-electron chi connectivity index (χ3n) is 10.7. The minimum absolute atomic E-state index is 1.26. The van der Waals surface area contributed by atoms with Crippen molar-refractivity contribution in [3.05, 3.63) is 170 Å². The number of benzene rings is 11. The lowest BCUT2D eigenvalue weighted by molar-refractivity contribution is 1.71. The first-order valence-electron chi connectivity index (χ1n) is 16.8. The summed E-state index contributed by atoms with van der Waals surface area (Å²) in [5, 5.41) is 20.7. The van der Waals surface area contributed by atoms with Crippen LogP contribution in [-0.4, -0.2) is 0 Å². The lowest BCUT2D eigenvalue weighted by Gasteiger charge is -2.22. The van der Waals surface area contributed by atoms with E-state index in [4.69, 9.17) is 0 Å². The van der Waals surface area contributed by atoms with Crippen LogP contribution in [0.15, 0.2) is 170 Å². The minimum Gasteiger partial charge on any atom is -0.0616 e. The molecule has 220 valence electrons. The van der Waals surface area contributed by atoms with Crippen molar-refractivity contribution >= 4 is 86.2 Å². The van der Waals surface area contributed by atoms with Crippen LogP contribution in [0, 0.1) is 0 Å². The van der Waals surface area contributed by atoms with Crippen LogP contribution in [0.1, 0.15) is 0 Å². The third-order valence-corrected chi connectivity index (χ3v) is 10.7. The standard InChI is InChI=1S/C48H28/c1-4-15-35-29(10-1)22-27-42-46(43-28-33-11-2-3-14-34(33)36-16-5-6-17-37(36)43)38-18-7-8-19-39(38)48(47(35)42)41-26-24-32-21-20-30-12-9-13-31-23-25-40(41)45(32)44(30)31/h1-28H. The molecule has 0 saturated carbocycles. The molecule has 0 saturated heterocycles. The summed E-state index contributed by atoms with van der Waals surface area (Å²) in [6.45, 7) is 0. The normalized spacial score (nSPS) is 12.2. The predicted octanol–water partition coefficient (Wildman–Crippen LogP) is 13.7. The highest BCUT2D eigenvalue weighted by molar-refractivity contribution is 6.33. The molecule has 0 aliphatic carbocycles. The maximum absolute atomic E-state index is 2.42. The summed E-state index contributed by atoms with van der Waals surface area (Å²) in [6.07, 6.45) is 0. The van der Waals surface area contributed by atoms with Gasteiger partial charge >= 0.3 is 0 Å². The fourth-order valence-electron chi connectivity index (χ4n) is 8.73. The highest BCUT2D eigenvalue weighted by Crippen LogP contribution is 2.50. The predicted molar refractivity (Wildman–Crippen MR) is 209 cm³/mol. The molecule has 0 fully saturated rings. The SMILES string of the molecule is c1ccc2c(c1)cc(-c1c3ccccc3c(-c3ccc4ccc5cccc6ccc3c4c56)c3c1ccc1ccccc13)c1ccccc12. The molecule has 0 unspecified atom stereocenters. The van der Waals surface area contributed by atoms with Crippen LogP contribution in [-0.2, 0) is 0 Å². The van der Waals surface area contributed by atoms with Crippen LogP contribution in [0.4, 0.5) is 0 Å². The molecule has 0 nitrogen and oxygen atoms in total. The molecule has 0 amide bonds. The highest BCUT2D eigenvalue weighted by Gasteiger charge is 2.22. The summed E-state index contributed by atoms with van der Waals surface area (Å²) in [7, 11) is 0. The Balaban J connectivity index is 1.38. The fraction of sp³-hybridized carbons (Fsp3) is 0. The van der Waals surface area contributed by atoms with E-state index >= 15 is 0 Å². The average molecular weight is 605 g/mol. The van der Waals surface area contributed by atoms with Gasteiger partial charge < -0.3 is 0 Å². The Morgan fingerprint density at radius 2 is 0.729 bits per heavy atom. The Hall–Kier alpha value is -6.24. The van der Waals surface area contributed by atoms with E-state index in [2.05, 4.69) is 170 Å². The molecule has 0 aliphatic rings. The number of hydrogen-bond acceptors (Lipinski definition) is 0. The van der Waals surface area contributed by atoms with Gasteiger partial charge in [0.2, 0.25) is 0 Å². The van der Waals surface area contributed by atoms with E-state index in [1.54, 1.807) is 0 Å². The van der Waals surface area contributed by atoms with Crippen molar-refractivity contribution in [2.24, 2.45) is 0 Å². The first-order valence-corrected chi connectivity index (χ1v) is 16.8. The van der Waals surface area contributed by atoms with Crippen molar-refractivity contribution in [2.75, 3.05) is 0 Å². The molecular weight excluding hydrogens is 577 g/mol. The molecule has 11 rings (SSSR count). The first-order chi connectivity index (χ1) is 23.8. The van der Waals surface area contributed by atoms with Crippen LogP contribution in [0.2, 0.25) is 0 Å². The zero-order valence-corrected chi connectivity index (χ0v) is 26.2. The highest BCUT2D eigenvalue weighted by atomic mass is 14.2. The smallest absolute Gasteiger partial charge is 0.00139 e. The van der Waals surface area contributed by atoms with Crippen molar-refractivity contribution in [2.45, 2.75) is 0 Å². The summed E-state index contributed by atoms with van der Waals surface area (Å²) >= 11 is 0. The van der Waals surface area contributed by atoms with Crippen molar-refractivity contribution in [3.63, 3.8) is 0 Å². The van der Waals surface area contributed by atoms with Crippen LogP contribution >= 0.6 is 0 Å². The van der Waals surface area contributed by atoms with Gasteiger partial charge in [-0.3, -0.25) is 0 Å². The molecule has 0 N–H and O–H groups in total. The molecule has 0 aliphatic heterocycles. The van der Waals surface area contributed by atoms with Crippen molar-refractivity contribution in [1.82, 2.24) is 0 Å². The Kier molecular flexibility index (Phi) is 5.20. The van der Waals surface area contributed by atoms with E-state index in [9.17, 15) is 0 Å². The molecule has 0 bridgehead atoms. The molecule has 0 spiro atoms. The Morgan fingerprint density at radius 3 is 1.52 bits per heavy atom. The van der Waals surface area contributed by atoms with Crippen molar-refractivity contribution in [1.29, 1.82) is 0 Å². The molecular formula is C48H28. The maximum atomic E-state index is 2.42. The van der Waals surface area contributed by atoms with Gasteiger partial charge in [0.15, 0.2) is 0 Å². The molecule has 0 heterocycles. The van der Waals surface area contributed by atoms with Gasteiger partial charge in [0.05, 0.1) is 0 Å². The summed E-state index contributed by atoms with van der Waals surface area (Å²) in [5.41, 5.74) is 5.18. The van der Waals surface area contributed by atoms with Gasteiger partial charge in [-0.15, -0.1) is 0 Å². The monoisotopic (exact) mass is 604 g/mol. The molecule has 0 radical (unpaired) electrons. The van der Waals surface area contributed by atoms with E-state index in [0.29, 0.717) is 0 Å². The van der Waals surface area contributed by atoms with E-state index < -0.39 is 0 Å². The fourth-order valence-corrected chi connectivity index (χ4v) is 8.73. The van der Waals surface area contributed by atoms with Crippen LogP contribution in [0.25, 0.3) is 108 Å². The zero-order chi connectivity index (χ0) is 31.3. The second-order valence-corrected chi connectivity index (χ2v) is 13.2. The number of fused-ring (bicyclic) bond motifs is 7. The van der Waals surface area contributed by atoms with Gasteiger partial charge in [-0.1, -0.05) is 164 Å². The second-order valence-electron chi connectivity index (χ2n) is 13.2. The topological polar surface area (TPSA) is 0 Å². The van der Waals surface area contributed by atoms with Gasteiger partial charge in [-0.05, 0) is 114 Å². The number of hydrogen-bond donors (Lipinski definition) is 0. The summed E-state index contributed by atoms with van der Waals surface area (Å²) in [5.74, 6) is 0. The van der Waals surface area contributed by atoms with Gasteiger partial charge in [-0.2, -0.15) is 0 Å². The van der Waals surface area contributed by atoms with E-state index in [1.165, 1.54) is 108 Å². The molecule has 0 heteroatoms. The van der Waals surface area contributed by atoms with Gasteiger partial charge in [0.1, 0.15) is 0 Å². The summed E-state index contributed by atoms with van der Waals surface area (Å²) in [4.78, 5) is 0. The van der Waals surface area contributed by atoms with Crippen LogP contribution in [0.3, 0.4) is 0 Å². The molecule has 11 aromatic rings. The van der Waals surface area contributed by atoms with Crippen molar-refractivity contribution in [3.8, 4) is 22.3 Å². The van der Waals surface area contributed by atoms with Crippen LogP contribution in [0.5, 0.6) is 0 Å². The first kappa shape index (κ1) is 25.9. The Labute approximate surface area is 277 Å². The number of rotatable bonds is 2. The van der Waals surface area contributed by atoms with Gasteiger partial charge in [0.25, 0.3) is 0 Å². The zero-order valence-electron chi connectivity index (χ0n) is 26.2. The minimum atomic E-state index is 1.26. The lowest BCUT2D eigenvalue weighted by Crippen LogP contribution is -1.94. The van der Waals surface area contributed by atoms with E-state index in [0.717, 1.165) is 0 Å². The third kappa shape index (κ3) is 3.44. The van der Waals surface area contributed by atoms with E-state index in [1.807, 2.05) is 0 Å². The lowest BCUT2D eigenvalue weighted by atomic mass is 9.81. The Bertz CT molecular complexity index is 3090. The molecule has 48 heavy (non-hydrogen) atoms. The molecule has 0 aromatic heterocycles. The maximum Gasteiger partial charge on any atom is -0.00139 e.